The zero-order valence-corrected chi connectivity index (χ0v) is 27.7. The van der Waals surface area contributed by atoms with Crippen LogP contribution >= 0.6 is 0 Å². The number of carbonyl (C=O) groups is 2. The van der Waals surface area contributed by atoms with Crippen LogP contribution in [0.1, 0.15) is 114 Å². The Balaban J connectivity index is 2.58. The second kappa shape index (κ2) is 18.4. The van der Waals surface area contributed by atoms with E-state index in [0.29, 0.717) is 12.8 Å². The summed E-state index contributed by atoms with van der Waals surface area (Å²) >= 11 is 0. The zero-order chi connectivity index (χ0) is 32.3. The third-order valence-corrected chi connectivity index (χ3v) is 9.92. The molecule has 1 aliphatic heterocycles. The topological polar surface area (TPSA) is 160 Å². The van der Waals surface area contributed by atoms with Gasteiger partial charge in [0.15, 0.2) is 0 Å². The van der Waals surface area contributed by atoms with E-state index in [4.69, 9.17) is 15.2 Å². The standard InChI is InChI=1S/C33H63NO8/c1-10-11-12-20(4)31(42-33(34)40)24(8)29(37)22(6)16-18(2)15-21(5)28(36)19(3)13-14-26(35)17-27-23(7)30(38)25(9)32(39)41-27/h18-31,35-38H,10-17H2,1-9H3,(H2,34,40)/t18?,19-,20-,21-,22-,23-,24-,25+,26+,27-,28-,29+,30-,31-/m0/s1. The average molecular weight is 602 g/mol. The van der Waals surface area contributed by atoms with Crippen molar-refractivity contribution in [2.45, 2.75) is 150 Å². The van der Waals surface area contributed by atoms with E-state index in [2.05, 4.69) is 13.8 Å². The monoisotopic (exact) mass is 601 g/mol. The van der Waals surface area contributed by atoms with Crippen LogP contribution in [0.25, 0.3) is 0 Å². The van der Waals surface area contributed by atoms with Gasteiger partial charge in [-0.15, -0.1) is 0 Å². The summed E-state index contributed by atoms with van der Waals surface area (Å²) in [6, 6.07) is 0. The first-order valence-corrected chi connectivity index (χ1v) is 16.4. The fourth-order valence-corrected chi connectivity index (χ4v) is 6.94. The number of primary amides is 1. The molecule has 14 atom stereocenters. The Hall–Kier alpha value is -1.42. The van der Waals surface area contributed by atoms with Gasteiger partial charge in [0.05, 0.1) is 30.3 Å². The molecule has 0 aliphatic carbocycles. The van der Waals surface area contributed by atoms with Gasteiger partial charge >= 0.3 is 12.1 Å². The van der Waals surface area contributed by atoms with E-state index in [1.807, 2.05) is 41.5 Å². The van der Waals surface area contributed by atoms with Crippen LogP contribution in [0.4, 0.5) is 4.79 Å². The molecule has 1 fully saturated rings. The molecule has 1 saturated heterocycles. The summed E-state index contributed by atoms with van der Waals surface area (Å²) in [4.78, 5) is 23.6. The first kappa shape index (κ1) is 38.6. The minimum Gasteiger partial charge on any atom is -0.462 e. The summed E-state index contributed by atoms with van der Waals surface area (Å²) in [5.74, 6) is -1.16. The summed E-state index contributed by atoms with van der Waals surface area (Å²) in [6.07, 6.45) is 1.45. The van der Waals surface area contributed by atoms with Crippen LogP contribution in [-0.4, -0.2) is 69.1 Å². The Kier molecular flexibility index (Phi) is 16.9. The number of hydrogen-bond donors (Lipinski definition) is 5. The minimum atomic E-state index is -0.812. The highest BCUT2D eigenvalue weighted by Crippen LogP contribution is 2.33. The Morgan fingerprint density at radius 1 is 0.905 bits per heavy atom. The Bertz CT molecular complexity index is 796. The third kappa shape index (κ3) is 11.9. The maximum atomic E-state index is 12.0. The molecule has 0 aromatic rings. The molecule has 1 unspecified atom stereocenters. The lowest BCUT2D eigenvalue weighted by Gasteiger charge is -2.37. The van der Waals surface area contributed by atoms with Gasteiger partial charge in [-0.25, -0.2) is 4.79 Å². The van der Waals surface area contributed by atoms with Crippen molar-refractivity contribution >= 4 is 12.1 Å². The molecule has 1 rings (SSSR count). The molecule has 1 heterocycles. The van der Waals surface area contributed by atoms with Gasteiger partial charge in [-0.2, -0.15) is 0 Å². The van der Waals surface area contributed by atoms with Gasteiger partial charge in [0, 0.05) is 18.3 Å². The van der Waals surface area contributed by atoms with Gasteiger partial charge in [-0.1, -0.05) is 68.2 Å². The number of carbonyl (C=O) groups excluding carboxylic acids is 2. The number of cyclic esters (lactones) is 1. The van der Waals surface area contributed by atoms with E-state index in [-0.39, 0.29) is 47.8 Å². The van der Waals surface area contributed by atoms with Crippen LogP contribution in [0.2, 0.25) is 0 Å². The van der Waals surface area contributed by atoms with Crippen molar-refractivity contribution in [3.8, 4) is 0 Å². The van der Waals surface area contributed by atoms with Crippen molar-refractivity contribution in [2.75, 3.05) is 0 Å². The molecule has 9 heteroatoms. The van der Waals surface area contributed by atoms with Gasteiger partial charge in [0.1, 0.15) is 12.2 Å². The van der Waals surface area contributed by atoms with Crippen LogP contribution in [-0.2, 0) is 14.3 Å². The van der Waals surface area contributed by atoms with Crippen LogP contribution in [0.3, 0.4) is 0 Å². The molecule has 0 radical (unpaired) electrons. The number of amides is 1. The summed E-state index contributed by atoms with van der Waals surface area (Å²) < 4.78 is 10.9. The highest BCUT2D eigenvalue weighted by molar-refractivity contribution is 5.73. The molecule has 0 aromatic heterocycles. The molecule has 6 N–H and O–H groups in total. The number of esters is 1. The fourth-order valence-electron chi connectivity index (χ4n) is 6.94. The lowest BCUT2D eigenvalue weighted by molar-refractivity contribution is -0.179. The van der Waals surface area contributed by atoms with E-state index in [1.165, 1.54) is 0 Å². The normalized spacial score (nSPS) is 28.4. The highest BCUT2D eigenvalue weighted by Gasteiger charge is 2.41. The second-order valence-corrected chi connectivity index (χ2v) is 14.0. The molecular weight excluding hydrogens is 538 g/mol. The summed E-state index contributed by atoms with van der Waals surface area (Å²) in [5.41, 5.74) is 5.35. The summed E-state index contributed by atoms with van der Waals surface area (Å²) in [5, 5.41) is 43.1. The second-order valence-electron chi connectivity index (χ2n) is 14.0. The Morgan fingerprint density at radius 3 is 2.02 bits per heavy atom. The number of unbranched alkanes of at least 4 members (excludes halogenated alkanes) is 1. The minimum absolute atomic E-state index is 0.0259. The van der Waals surface area contributed by atoms with Gasteiger partial charge in [0.25, 0.3) is 0 Å². The SMILES string of the molecule is CCCC[C@H](C)[C@H](OC(N)=O)[C@@H](C)[C@H](O)[C@@H](C)CC(C)C[C@H](C)[C@@H](O)[C@@H](C)CC[C@@H](O)C[C@@H]1OC(=O)[C@H](C)[C@@H](O)[C@H]1C. The molecule has 1 amide bonds. The molecule has 42 heavy (non-hydrogen) atoms. The molecule has 248 valence electrons. The van der Waals surface area contributed by atoms with E-state index < -0.39 is 54.6 Å². The number of rotatable bonds is 19. The number of aliphatic hydroxyl groups excluding tert-OH is 4. The van der Waals surface area contributed by atoms with Crippen LogP contribution < -0.4 is 5.73 Å². The zero-order valence-electron chi connectivity index (χ0n) is 27.7. The molecule has 9 nitrogen and oxygen atoms in total. The van der Waals surface area contributed by atoms with Crippen molar-refractivity contribution in [1.82, 2.24) is 0 Å². The van der Waals surface area contributed by atoms with E-state index in [1.54, 1.807) is 6.92 Å². The van der Waals surface area contributed by atoms with E-state index in [9.17, 15) is 30.0 Å². The predicted octanol–water partition coefficient (Wildman–Crippen LogP) is 5.05. The molecular formula is C33H63NO8. The predicted molar refractivity (Wildman–Crippen MR) is 164 cm³/mol. The lowest BCUT2D eigenvalue weighted by atomic mass is 9.77. The first-order valence-electron chi connectivity index (χ1n) is 16.4. The highest BCUT2D eigenvalue weighted by atomic mass is 16.6. The molecule has 0 bridgehead atoms. The number of ether oxygens (including phenoxy) is 2. The summed E-state index contributed by atoms with van der Waals surface area (Å²) in [7, 11) is 0. The van der Waals surface area contributed by atoms with Gasteiger partial charge in [0.2, 0.25) is 0 Å². The Morgan fingerprint density at radius 2 is 1.48 bits per heavy atom. The molecule has 0 spiro atoms. The van der Waals surface area contributed by atoms with Crippen molar-refractivity contribution < 1.29 is 39.5 Å². The third-order valence-electron chi connectivity index (χ3n) is 9.92. The lowest BCUT2D eigenvalue weighted by Crippen LogP contribution is -2.47. The molecule has 1 aliphatic rings. The molecule has 0 aromatic carbocycles. The Labute approximate surface area is 254 Å². The number of hydrogen-bond acceptors (Lipinski definition) is 8. The quantitative estimate of drug-likeness (QED) is 0.129. The first-order chi connectivity index (χ1) is 19.5. The van der Waals surface area contributed by atoms with Crippen molar-refractivity contribution in [3.63, 3.8) is 0 Å². The average Bonchev–Trinajstić information content (AvgIpc) is 2.93. The van der Waals surface area contributed by atoms with E-state index in [0.717, 1.165) is 32.1 Å². The van der Waals surface area contributed by atoms with Crippen LogP contribution in [0.5, 0.6) is 0 Å². The van der Waals surface area contributed by atoms with Crippen LogP contribution in [0.15, 0.2) is 0 Å². The maximum Gasteiger partial charge on any atom is 0.404 e. The number of nitrogens with two attached hydrogens (primary N) is 1. The molecule has 0 saturated carbocycles. The van der Waals surface area contributed by atoms with Crippen molar-refractivity contribution in [1.29, 1.82) is 0 Å². The fraction of sp³-hybridized carbons (Fsp3) is 0.939. The maximum absolute atomic E-state index is 12.0. The van der Waals surface area contributed by atoms with Crippen LogP contribution in [0, 0.1) is 47.3 Å². The van der Waals surface area contributed by atoms with Crippen molar-refractivity contribution in [2.24, 2.45) is 53.1 Å². The summed E-state index contributed by atoms with van der Waals surface area (Å²) in [6.45, 7) is 17.7. The van der Waals surface area contributed by atoms with Gasteiger partial charge < -0.3 is 35.6 Å². The van der Waals surface area contributed by atoms with Gasteiger partial charge in [-0.3, -0.25) is 4.79 Å². The van der Waals surface area contributed by atoms with Gasteiger partial charge in [-0.05, 0) is 68.6 Å². The largest absolute Gasteiger partial charge is 0.462 e. The smallest absolute Gasteiger partial charge is 0.404 e. The van der Waals surface area contributed by atoms with Crippen molar-refractivity contribution in [3.05, 3.63) is 0 Å². The number of aliphatic hydroxyl groups is 4. The van der Waals surface area contributed by atoms with E-state index >= 15 is 0 Å².